The van der Waals surface area contributed by atoms with Crippen molar-refractivity contribution in [2.45, 2.75) is 38.0 Å². The highest BCUT2D eigenvalue weighted by molar-refractivity contribution is 5.37. The minimum Gasteiger partial charge on any atom is -0.377 e. The molecule has 3 aromatic rings. The van der Waals surface area contributed by atoms with Crippen molar-refractivity contribution in [2.75, 3.05) is 0 Å². The molecule has 152 valence electrons. The summed E-state index contributed by atoms with van der Waals surface area (Å²) in [5.74, 6) is 6.91. The Morgan fingerprint density at radius 3 is 1.93 bits per heavy atom. The third-order valence-corrected chi connectivity index (χ3v) is 6.24. The van der Waals surface area contributed by atoms with Gasteiger partial charge in [0.15, 0.2) is 0 Å². The monoisotopic (exact) mass is 396 g/mol. The van der Waals surface area contributed by atoms with Crippen molar-refractivity contribution in [3.8, 4) is 11.8 Å². The first-order valence-corrected chi connectivity index (χ1v) is 10.8. The molecule has 0 unspecified atom stereocenters. The van der Waals surface area contributed by atoms with Crippen LogP contribution in [-0.2, 0) is 0 Å². The molecule has 0 aliphatic carbocycles. The predicted molar refractivity (Wildman–Crippen MR) is 122 cm³/mol. The summed E-state index contributed by atoms with van der Waals surface area (Å²) in [5.41, 5.74) is 2.35. The third kappa shape index (κ3) is 4.33. The Balaban J connectivity index is 1.79. The Morgan fingerprint density at radius 2 is 1.37 bits per heavy atom. The van der Waals surface area contributed by atoms with E-state index in [1.165, 1.54) is 11.1 Å². The van der Waals surface area contributed by atoms with Crippen LogP contribution in [0.5, 0.6) is 0 Å². The van der Waals surface area contributed by atoms with Gasteiger partial charge in [-0.05, 0) is 18.1 Å². The van der Waals surface area contributed by atoms with Gasteiger partial charge in [0, 0.05) is 23.1 Å². The van der Waals surface area contributed by atoms with E-state index in [4.69, 9.17) is 0 Å². The zero-order valence-corrected chi connectivity index (χ0v) is 17.7. The Kier molecular flexibility index (Phi) is 6.04. The highest BCUT2D eigenvalue weighted by atomic mass is 16.3. The van der Waals surface area contributed by atoms with Gasteiger partial charge in [0.2, 0.25) is 0 Å². The first kappa shape index (κ1) is 20.4. The second kappa shape index (κ2) is 8.88. The van der Waals surface area contributed by atoms with Gasteiger partial charge in [-0.25, -0.2) is 0 Å². The first-order valence-electron chi connectivity index (χ1n) is 10.8. The summed E-state index contributed by atoms with van der Waals surface area (Å²) in [4.78, 5) is 0. The molecule has 1 aliphatic heterocycles. The number of piperidine rings is 1. The van der Waals surface area contributed by atoms with Gasteiger partial charge in [-0.3, -0.25) is 0 Å². The van der Waals surface area contributed by atoms with Gasteiger partial charge in [0.25, 0.3) is 0 Å². The maximum atomic E-state index is 12.0. The minimum atomic E-state index is -1.07. The molecule has 1 saturated heterocycles. The number of benzene rings is 3. The topological polar surface area (TPSA) is 36.8 Å². The zero-order chi connectivity index (χ0) is 21.0. The molecule has 0 aromatic heterocycles. The lowest BCUT2D eigenvalue weighted by Gasteiger charge is -2.45. The number of quaternary nitrogens is 1. The van der Waals surface area contributed by atoms with E-state index in [0.717, 1.165) is 5.56 Å². The Hall–Kier alpha value is -2.86. The quantitative estimate of drug-likeness (QED) is 0.629. The number of hydrogen-bond acceptors (Lipinski definition) is 1. The maximum Gasteiger partial charge on any atom is 0.140 e. The van der Waals surface area contributed by atoms with Gasteiger partial charge >= 0.3 is 0 Å². The summed E-state index contributed by atoms with van der Waals surface area (Å²) in [6.45, 7) is 4.40. The van der Waals surface area contributed by atoms with Crippen LogP contribution in [0.3, 0.4) is 0 Å². The minimum absolute atomic E-state index is 0.0241. The van der Waals surface area contributed by atoms with Crippen LogP contribution >= 0.6 is 0 Å². The Labute approximate surface area is 180 Å². The molecule has 1 fully saturated rings. The molecule has 0 spiro atoms. The van der Waals surface area contributed by atoms with E-state index in [1.807, 2.05) is 42.5 Å². The van der Waals surface area contributed by atoms with E-state index in [9.17, 15) is 5.11 Å². The van der Waals surface area contributed by atoms with Crippen molar-refractivity contribution in [1.29, 1.82) is 0 Å². The molecule has 0 radical (unpaired) electrons. The van der Waals surface area contributed by atoms with Crippen LogP contribution < -0.4 is 5.32 Å². The standard InChI is InChI=1S/C28H29NO/c1-21(2)26-27(24-16-10-5-11-17-24)29-25(23-14-8-4-9-15-23)20-28(26,30)19-18-22-12-6-3-7-13-22/h3-17,21,25-27,29-30H,20H2,1-2H3/p+1/t25-,26+,27+,28+/m0/s1. The van der Waals surface area contributed by atoms with Gasteiger partial charge in [-0.2, -0.15) is 0 Å². The van der Waals surface area contributed by atoms with Crippen LogP contribution in [0.15, 0.2) is 91.0 Å². The average molecular weight is 397 g/mol. The predicted octanol–water partition coefficient (Wildman–Crippen LogP) is 4.49. The molecule has 3 aromatic carbocycles. The second-order valence-corrected chi connectivity index (χ2v) is 8.66. The van der Waals surface area contributed by atoms with Gasteiger partial charge in [0.05, 0.1) is 5.92 Å². The lowest BCUT2D eigenvalue weighted by Crippen LogP contribution is -2.92. The highest BCUT2D eigenvalue weighted by Gasteiger charge is 2.51. The molecule has 1 aliphatic rings. The average Bonchev–Trinajstić information content (AvgIpc) is 2.79. The van der Waals surface area contributed by atoms with Crippen molar-refractivity contribution in [2.24, 2.45) is 11.8 Å². The summed E-state index contributed by atoms with van der Waals surface area (Å²) >= 11 is 0. The SMILES string of the molecule is CC(C)[C@@H]1[C@@H](c2ccccc2)[NH2+][C@H](c2ccccc2)C[C@]1(O)C#Cc1ccccc1. The van der Waals surface area contributed by atoms with Crippen LogP contribution in [-0.4, -0.2) is 10.7 Å². The van der Waals surface area contributed by atoms with Crippen LogP contribution in [0, 0.1) is 23.7 Å². The molecule has 0 saturated carbocycles. The van der Waals surface area contributed by atoms with Crippen molar-refractivity contribution in [1.82, 2.24) is 0 Å². The Bertz CT molecular complexity index is 1000. The number of nitrogens with two attached hydrogens (primary N) is 1. The molecule has 2 nitrogen and oxygen atoms in total. The van der Waals surface area contributed by atoms with E-state index in [1.54, 1.807) is 0 Å². The molecule has 2 heteroatoms. The van der Waals surface area contributed by atoms with Crippen LogP contribution in [0.4, 0.5) is 0 Å². The van der Waals surface area contributed by atoms with Crippen molar-refractivity contribution >= 4 is 0 Å². The molecule has 3 N–H and O–H groups in total. The van der Waals surface area contributed by atoms with Gasteiger partial charge in [-0.1, -0.05) is 105 Å². The second-order valence-electron chi connectivity index (χ2n) is 8.66. The van der Waals surface area contributed by atoms with Crippen molar-refractivity contribution in [3.05, 3.63) is 108 Å². The molecule has 30 heavy (non-hydrogen) atoms. The molecular formula is C28H30NO+. The Morgan fingerprint density at radius 1 is 0.833 bits per heavy atom. The highest BCUT2D eigenvalue weighted by Crippen LogP contribution is 2.42. The summed E-state index contributed by atoms with van der Waals surface area (Å²) in [6.07, 6.45) is 0.614. The van der Waals surface area contributed by atoms with Crippen LogP contribution in [0.1, 0.15) is 49.0 Å². The van der Waals surface area contributed by atoms with E-state index >= 15 is 0 Å². The molecule has 1 heterocycles. The van der Waals surface area contributed by atoms with Crippen molar-refractivity contribution in [3.63, 3.8) is 0 Å². The van der Waals surface area contributed by atoms with E-state index in [-0.39, 0.29) is 18.0 Å². The van der Waals surface area contributed by atoms with Crippen molar-refractivity contribution < 1.29 is 10.4 Å². The van der Waals surface area contributed by atoms with Crippen LogP contribution in [0.25, 0.3) is 0 Å². The molecule has 4 atom stereocenters. The largest absolute Gasteiger partial charge is 0.377 e. The summed E-state index contributed by atoms with van der Waals surface area (Å²) in [5, 5.41) is 14.5. The normalized spacial score (nSPS) is 26.1. The van der Waals surface area contributed by atoms with E-state index in [0.29, 0.717) is 12.3 Å². The lowest BCUT2D eigenvalue weighted by atomic mass is 9.67. The van der Waals surface area contributed by atoms with Crippen LogP contribution in [0.2, 0.25) is 0 Å². The maximum absolute atomic E-state index is 12.0. The van der Waals surface area contributed by atoms with Gasteiger partial charge < -0.3 is 10.4 Å². The lowest BCUT2D eigenvalue weighted by molar-refractivity contribution is -0.757. The summed E-state index contributed by atoms with van der Waals surface area (Å²) in [6, 6.07) is 31.3. The van der Waals surface area contributed by atoms with E-state index < -0.39 is 5.60 Å². The molecule has 4 rings (SSSR count). The number of hydrogen-bond donors (Lipinski definition) is 2. The first-order chi connectivity index (χ1) is 14.6. The molecular weight excluding hydrogens is 366 g/mol. The fraction of sp³-hybridized carbons (Fsp3) is 0.286. The smallest absolute Gasteiger partial charge is 0.140 e. The fourth-order valence-electron chi connectivity index (χ4n) is 4.93. The van der Waals surface area contributed by atoms with E-state index in [2.05, 4.69) is 79.5 Å². The third-order valence-electron chi connectivity index (χ3n) is 6.24. The van der Waals surface area contributed by atoms with Gasteiger partial charge in [-0.15, -0.1) is 0 Å². The fourth-order valence-corrected chi connectivity index (χ4v) is 4.93. The summed E-state index contributed by atoms with van der Waals surface area (Å²) < 4.78 is 0. The zero-order valence-electron chi connectivity index (χ0n) is 17.7. The molecule has 0 amide bonds. The summed E-state index contributed by atoms with van der Waals surface area (Å²) in [7, 11) is 0. The molecule has 0 bridgehead atoms. The number of aliphatic hydroxyl groups is 1. The van der Waals surface area contributed by atoms with Gasteiger partial charge in [0.1, 0.15) is 17.7 Å². The number of rotatable bonds is 3.